The van der Waals surface area contributed by atoms with Crippen LogP contribution in [0.2, 0.25) is 0 Å². The minimum Gasteiger partial charge on any atom is -0.369 e. The van der Waals surface area contributed by atoms with Crippen LogP contribution in [0.5, 0.6) is 0 Å². The third-order valence-electron chi connectivity index (χ3n) is 2.45. The van der Waals surface area contributed by atoms with Crippen molar-refractivity contribution >= 4 is 33.6 Å². The predicted molar refractivity (Wildman–Crippen MR) is 72.5 cm³/mol. The Labute approximate surface area is 107 Å². The lowest BCUT2D eigenvalue weighted by molar-refractivity contribution is 0.938. The number of halogens is 1. The standard InChI is InChI=1S/C11H12BrN3S/c1-15-9(10(12)14-11(15)13)7-3-5-8(16-2)6-4-7/h3-6H,1-2H3,(H2,13,14). The third kappa shape index (κ3) is 1.97. The second-order valence-electron chi connectivity index (χ2n) is 3.40. The van der Waals surface area contributed by atoms with Crippen LogP contribution in [0.3, 0.4) is 0 Å². The molecule has 1 heterocycles. The quantitative estimate of drug-likeness (QED) is 0.866. The summed E-state index contributed by atoms with van der Waals surface area (Å²) in [5.74, 6) is 0.510. The first-order valence-corrected chi connectivity index (χ1v) is 6.77. The van der Waals surface area contributed by atoms with Gasteiger partial charge in [0.1, 0.15) is 4.60 Å². The highest BCUT2D eigenvalue weighted by Gasteiger charge is 2.12. The van der Waals surface area contributed by atoms with Gasteiger partial charge in [0.25, 0.3) is 0 Å². The molecule has 0 unspecified atom stereocenters. The van der Waals surface area contributed by atoms with Gasteiger partial charge in [-0.25, -0.2) is 4.98 Å². The summed E-state index contributed by atoms with van der Waals surface area (Å²) < 4.78 is 2.66. The van der Waals surface area contributed by atoms with Crippen LogP contribution in [0.15, 0.2) is 33.8 Å². The van der Waals surface area contributed by atoms with Crippen LogP contribution in [-0.2, 0) is 7.05 Å². The molecule has 0 bridgehead atoms. The number of rotatable bonds is 2. The number of anilines is 1. The van der Waals surface area contributed by atoms with Crippen molar-refractivity contribution in [2.24, 2.45) is 7.05 Å². The van der Waals surface area contributed by atoms with E-state index in [1.807, 2.05) is 11.6 Å². The van der Waals surface area contributed by atoms with E-state index in [2.05, 4.69) is 51.4 Å². The number of nitrogens with two attached hydrogens (primary N) is 1. The average molecular weight is 298 g/mol. The van der Waals surface area contributed by atoms with Crippen molar-refractivity contribution in [1.82, 2.24) is 9.55 Å². The molecular weight excluding hydrogens is 286 g/mol. The van der Waals surface area contributed by atoms with Crippen LogP contribution in [0.1, 0.15) is 0 Å². The molecule has 2 rings (SSSR count). The van der Waals surface area contributed by atoms with E-state index < -0.39 is 0 Å². The number of hydrogen-bond acceptors (Lipinski definition) is 3. The number of benzene rings is 1. The van der Waals surface area contributed by atoms with E-state index in [0.29, 0.717) is 5.95 Å². The first-order valence-electron chi connectivity index (χ1n) is 4.75. The average Bonchev–Trinajstić information content (AvgIpc) is 2.54. The Morgan fingerprint density at radius 3 is 2.38 bits per heavy atom. The normalized spacial score (nSPS) is 10.7. The van der Waals surface area contributed by atoms with Crippen molar-refractivity contribution in [2.45, 2.75) is 4.90 Å². The van der Waals surface area contributed by atoms with Gasteiger partial charge >= 0.3 is 0 Å². The van der Waals surface area contributed by atoms with Crippen LogP contribution in [0, 0.1) is 0 Å². The topological polar surface area (TPSA) is 43.8 Å². The van der Waals surface area contributed by atoms with Crippen LogP contribution in [0.4, 0.5) is 5.95 Å². The Bertz CT molecular complexity index is 505. The molecule has 5 heteroatoms. The van der Waals surface area contributed by atoms with E-state index in [-0.39, 0.29) is 0 Å². The fourth-order valence-electron chi connectivity index (χ4n) is 1.54. The summed E-state index contributed by atoms with van der Waals surface area (Å²) in [5.41, 5.74) is 7.87. The Hall–Kier alpha value is -0.940. The van der Waals surface area contributed by atoms with Gasteiger partial charge < -0.3 is 10.3 Å². The minimum atomic E-state index is 0.510. The molecule has 0 aliphatic rings. The van der Waals surface area contributed by atoms with Crippen LogP contribution in [0.25, 0.3) is 11.3 Å². The molecule has 84 valence electrons. The molecule has 2 aromatic rings. The summed E-state index contributed by atoms with van der Waals surface area (Å²) in [7, 11) is 1.91. The molecule has 0 spiro atoms. The lowest BCUT2D eigenvalue weighted by Gasteiger charge is -2.05. The number of nitrogens with zero attached hydrogens (tertiary/aromatic N) is 2. The molecule has 0 aliphatic carbocycles. The van der Waals surface area contributed by atoms with Gasteiger partial charge in [-0.3, -0.25) is 0 Å². The van der Waals surface area contributed by atoms with E-state index in [1.165, 1.54) is 4.90 Å². The van der Waals surface area contributed by atoms with E-state index >= 15 is 0 Å². The monoisotopic (exact) mass is 297 g/mol. The molecule has 1 aromatic heterocycles. The third-order valence-corrected chi connectivity index (χ3v) is 3.75. The maximum atomic E-state index is 5.75. The highest BCUT2D eigenvalue weighted by molar-refractivity contribution is 9.10. The molecule has 1 aromatic carbocycles. The number of nitrogen functional groups attached to an aromatic ring is 1. The zero-order valence-corrected chi connectivity index (χ0v) is 11.5. The van der Waals surface area contributed by atoms with Gasteiger partial charge in [0.2, 0.25) is 5.95 Å². The lowest BCUT2D eigenvalue weighted by atomic mass is 10.2. The van der Waals surface area contributed by atoms with Crippen molar-refractivity contribution in [3.05, 3.63) is 28.9 Å². The van der Waals surface area contributed by atoms with Crippen molar-refractivity contribution in [1.29, 1.82) is 0 Å². The molecule has 2 N–H and O–H groups in total. The first kappa shape index (κ1) is 11.5. The molecule has 16 heavy (non-hydrogen) atoms. The predicted octanol–water partition coefficient (Wildman–Crippen LogP) is 3.15. The molecule has 0 fully saturated rings. The zero-order valence-electron chi connectivity index (χ0n) is 9.07. The van der Waals surface area contributed by atoms with E-state index in [9.17, 15) is 0 Å². The summed E-state index contributed by atoms with van der Waals surface area (Å²) in [6, 6.07) is 8.34. The Balaban J connectivity index is 2.50. The smallest absolute Gasteiger partial charge is 0.201 e. The summed E-state index contributed by atoms with van der Waals surface area (Å²) in [5, 5.41) is 0. The summed E-state index contributed by atoms with van der Waals surface area (Å²) >= 11 is 5.15. The molecule has 0 atom stereocenters. The van der Waals surface area contributed by atoms with Gasteiger partial charge in [-0.1, -0.05) is 12.1 Å². The van der Waals surface area contributed by atoms with Gasteiger partial charge in [0.05, 0.1) is 5.69 Å². The maximum absolute atomic E-state index is 5.75. The molecule has 3 nitrogen and oxygen atoms in total. The van der Waals surface area contributed by atoms with Crippen molar-refractivity contribution < 1.29 is 0 Å². The number of aromatic nitrogens is 2. The van der Waals surface area contributed by atoms with Crippen LogP contribution in [-0.4, -0.2) is 15.8 Å². The first-order chi connectivity index (χ1) is 7.63. The summed E-state index contributed by atoms with van der Waals surface area (Å²) in [6.45, 7) is 0. The molecule has 0 saturated carbocycles. The maximum Gasteiger partial charge on any atom is 0.201 e. The van der Waals surface area contributed by atoms with E-state index in [1.54, 1.807) is 11.8 Å². The van der Waals surface area contributed by atoms with Gasteiger partial charge in [-0.05, 0) is 34.3 Å². The molecule has 0 aliphatic heterocycles. The fourth-order valence-corrected chi connectivity index (χ4v) is 2.63. The number of imidazole rings is 1. The molecule has 0 radical (unpaired) electrons. The van der Waals surface area contributed by atoms with Gasteiger partial charge in [0.15, 0.2) is 0 Å². The van der Waals surface area contributed by atoms with Crippen molar-refractivity contribution in [2.75, 3.05) is 12.0 Å². The Morgan fingerprint density at radius 1 is 1.31 bits per heavy atom. The molecule has 0 saturated heterocycles. The van der Waals surface area contributed by atoms with Gasteiger partial charge in [-0.2, -0.15) is 0 Å². The van der Waals surface area contributed by atoms with Crippen molar-refractivity contribution in [3.8, 4) is 11.3 Å². The summed E-state index contributed by atoms with van der Waals surface area (Å²) in [4.78, 5) is 5.43. The number of hydrogen-bond donors (Lipinski definition) is 1. The second-order valence-corrected chi connectivity index (χ2v) is 5.03. The molecular formula is C11H12BrN3S. The van der Waals surface area contributed by atoms with Crippen LogP contribution >= 0.6 is 27.7 Å². The van der Waals surface area contributed by atoms with E-state index in [0.717, 1.165) is 15.9 Å². The highest BCUT2D eigenvalue weighted by Crippen LogP contribution is 2.30. The second kappa shape index (κ2) is 4.51. The summed E-state index contributed by atoms with van der Waals surface area (Å²) in [6.07, 6.45) is 2.06. The van der Waals surface area contributed by atoms with Gasteiger partial charge in [0, 0.05) is 17.5 Å². The lowest BCUT2D eigenvalue weighted by Crippen LogP contribution is -1.98. The number of thioether (sulfide) groups is 1. The SMILES string of the molecule is CSc1ccc(-c2c(Br)nc(N)n2C)cc1. The minimum absolute atomic E-state index is 0.510. The fraction of sp³-hybridized carbons (Fsp3) is 0.182. The molecule has 0 amide bonds. The van der Waals surface area contributed by atoms with Gasteiger partial charge in [-0.15, -0.1) is 11.8 Å². The largest absolute Gasteiger partial charge is 0.369 e. The zero-order chi connectivity index (χ0) is 11.7. The van der Waals surface area contributed by atoms with Crippen molar-refractivity contribution in [3.63, 3.8) is 0 Å². The van der Waals surface area contributed by atoms with E-state index in [4.69, 9.17) is 5.73 Å². The van der Waals surface area contributed by atoms with Crippen LogP contribution < -0.4 is 5.73 Å². The Morgan fingerprint density at radius 2 is 1.94 bits per heavy atom. The Kier molecular flexibility index (Phi) is 3.25. The highest BCUT2D eigenvalue weighted by atomic mass is 79.9.